The molecule has 1 saturated carbocycles. The molecular formula is C15H25NO4S. The molecule has 0 spiro atoms. The van der Waals surface area contributed by atoms with Gasteiger partial charge in [0.2, 0.25) is 10.0 Å². The number of hydrogen-bond acceptors (Lipinski definition) is 4. The third kappa shape index (κ3) is 3.33. The molecule has 0 radical (unpaired) electrons. The minimum atomic E-state index is -3.67. The summed E-state index contributed by atoms with van der Waals surface area (Å²) in [5.41, 5.74) is 0.358. The topological polar surface area (TPSA) is 79.5 Å². The summed E-state index contributed by atoms with van der Waals surface area (Å²) in [5, 5.41) is 9.42. The van der Waals surface area contributed by atoms with E-state index >= 15 is 0 Å². The molecule has 0 saturated heterocycles. The van der Waals surface area contributed by atoms with Crippen LogP contribution >= 0.6 is 0 Å². The molecule has 6 heteroatoms. The van der Waals surface area contributed by atoms with Crippen molar-refractivity contribution in [3.8, 4) is 0 Å². The molecule has 0 aromatic carbocycles. The highest BCUT2D eigenvalue weighted by molar-refractivity contribution is 7.89. The van der Waals surface area contributed by atoms with E-state index in [4.69, 9.17) is 4.42 Å². The standard InChI is InChI=1S/C15H25NO4S/c1-9-5-6-14(10(2)7-9)16-21(18,19)15-12(4)20-11(3)13(15)8-17/h9-10,14,16-17H,5-8H2,1-4H3. The van der Waals surface area contributed by atoms with Crippen LogP contribution < -0.4 is 4.72 Å². The predicted molar refractivity (Wildman–Crippen MR) is 80.4 cm³/mol. The highest BCUT2D eigenvalue weighted by Crippen LogP contribution is 2.31. The number of aryl methyl sites for hydroxylation is 2. The van der Waals surface area contributed by atoms with E-state index in [0.717, 1.165) is 19.3 Å². The highest BCUT2D eigenvalue weighted by Gasteiger charge is 2.32. The summed E-state index contributed by atoms with van der Waals surface area (Å²) >= 11 is 0. The van der Waals surface area contributed by atoms with Crippen molar-refractivity contribution in [3.63, 3.8) is 0 Å². The van der Waals surface area contributed by atoms with E-state index in [-0.39, 0.29) is 17.5 Å². The van der Waals surface area contributed by atoms with Crippen LogP contribution in [0.1, 0.15) is 50.2 Å². The third-order valence-corrected chi connectivity index (χ3v) is 6.17. The lowest BCUT2D eigenvalue weighted by Gasteiger charge is -2.32. The van der Waals surface area contributed by atoms with Gasteiger partial charge >= 0.3 is 0 Å². The van der Waals surface area contributed by atoms with Crippen LogP contribution in [0.15, 0.2) is 9.31 Å². The Morgan fingerprint density at radius 3 is 2.48 bits per heavy atom. The first-order chi connectivity index (χ1) is 9.76. The largest absolute Gasteiger partial charge is 0.465 e. The van der Waals surface area contributed by atoms with Gasteiger partial charge in [0, 0.05) is 11.6 Å². The fourth-order valence-corrected chi connectivity index (χ4v) is 5.16. The van der Waals surface area contributed by atoms with Crippen LogP contribution in [0.3, 0.4) is 0 Å². The van der Waals surface area contributed by atoms with Gasteiger partial charge in [-0.15, -0.1) is 0 Å². The van der Waals surface area contributed by atoms with E-state index < -0.39 is 10.0 Å². The van der Waals surface area contributed by atoms with Gasteiger partial charge in [0.25, 0.3) is 0 Å². The lowest BCUT2D eigenvalue weighted by Crippen LogP contribution is -2.42. The monoisotopic (exact) mass is 315 g/mol. The molecule has 0 amide bonds. The van der Waals surface area contributed by atoms with E-state index in [9.17, 15) is 13.5 Å². The average molecular weight is 315 g/mol. The van der Waals surface area contributed by atoms with Crippen LogP contribution in [0, 0.1) is 25.7 Å². The molecule has 5 nitrogen and oxygen atoms in total. The maximum atomic E-state index is 12.7. The van der Waals surface area contributed by atoms with E-state index in [1.807, 2.05) is 0 Å². The first kappa shape index (κ1) is 16.5. The zero-order valence-corrected chi connectivity index (χ0v) is 14.0. The van der Waals surface area contributed by atoms with Crippen LogP contribution in [-0.2, 0) is 16.6 Å². The van der Waals surface area contributed by atoms with Gasteiger partial charge < -0.3 is 9.52 Å². The van der Waals surface area contributed by atoms with Crippen LogP contribution in [0.4, 0.5) is 0 Å². The van der Waals surface area contributed by atoms with Gasteiger partial charge in [-0.25, -0.2) is 13.1 Å². The Morgan fingerprint density at radius 1 is 1.24 bits per heavy atom. The molecule has 1 fully saturated rings. The summed E-state index contributed by atoms with van der Waals surface area (Å²) in [6.45, 7) is 7.24. The zero-order chi connectivity index (χ0) is 15.8. The van der Waals surface area contributed by atoms with E-state index in [2.05, 4.69) is 18.6 Å². The minimum absolute atomic E-state index is 0.0488. The molecule has 1 aromatic rings. The first-order valence-electron chi connectivity index (χ1n) is 7.48. The molecule has 0 aliphatic heterocycles. The minimum Gasteiger partial charge on any atom is -0.465 e. The number of sulfonamides is 1. The van der Waals surface area contributed by atoms with Crippen molar-refractivity contribution < 1.29 is 17.9 Å². The molecule has 3 atom stereocenters. The van der Waals surface area contributed by atoms with Crippen molar-refractivity contribution >= 4 is 10.0 Å². The second kappa shape index (κ2) is 6.10. The van der Waals surface area contributed by atoms with Gasteiger partial charge in [0.05, 0.1) is 6.61 Å². The molecule has 2 N–H and O–H groups in total. The average Bonchev–Trinajstić information content (AvgIpc) is 2.67. The number of hydrogen-bond donors (Lipinski definition) is 2. The maximum absolute atomic E-state index is 12.7. The Hall–Kier alpha value is -0.850. The molecule has 1 aromatic heterocycles. The van der Waals surface area contributed by atoms with E-state index in [1.165, 1.54) is 0 Å². The van der Waals surface area contributed by atoms with E-state index in [0.29, 0.717) is 28.9 Å². The van der Waals surface area contributed by atoms with Gasteiger partial charge in [-0.3, -0.25) is 0 Å². The fraction of sp³-hybridized carbons (Fsp3) is 0.733. The quantitative estimate of drug-likeness (QED) is 0.894. The van der Waals surface area contributed by atoms with Crippen molar-refractivity contribution in [1.82, 2.24) is 4.72 Å². The second-order valence-corrected chi connectivity index (χ2v) is 7.95. The van der Waals surface area contributed by atoms with Crippen LogP contribution in [-0.4, -0.2) is 19.6 Å². The van der Waals surface area contributed by atoms with Crippen LogP contribution in [0.2, 0.25) is 0 Å². The summed E-state index contributed by atoms with van der Waals surface area (Å²) in [7, 11) is -3.67. The second-order valence-electron chi connectivity index (χ2n) is 6.30. The van der Waals surface area contributed by atoms with Crippen molar-refractivity contribution in [1.29, 1.82) is 0 Å². The van der Waals surface area contributed by atoms with Crippen LogP contribution in [0.5, 0.6) is 0 Å². The molecule has 3 unspecified atom stereocenters. The molecule has 1 aliphatic rings. The Bertz CT molecular complexity index is 605. The number of nitrogens with one attached hydrogen (secondary N) is 1. The zero-order valence-electron chi connectivity index (χ0n) is 13.1. The molecular weight excluding hydrogens is 290 g/mol. The summed E-state index contributed by atoms with van der Waals surface area (Å²) in [6.07, 6.45) is 2.92. The Kier molecular flexibility index (Phi) is 4.80. The van der Waals surface area contributed by atoms with Gasteiger partial charge in [-0.05, 0) is 44.9 Å². The Morgan fingerprint density at radius 2 is 1.90 bits per heavy atom. The lowest BCUT2D eigenvalue weighted by atomic mass is 9.80. The Balaban J connectivity index is 2.27. The molecule has 120 valence electrons. The Labute approximate surface area is 126 Å². The summed E-state index contributed by atoms with van der Waals surface area (Å²) < 4.78 is 33.5. The summed E-state index contributed by atoms with van der Waals surface area (Å²) in [4.78, 5) is 0.105. The van der Waals surface area contributed by atoms with Crippen molar-refractivity contribution in [2.24, 2.45) is 11.8 Å². The van der Waals surface area contributed by atoms with E-state index in [1.54, 1.807) is 13.8 Å². The molecule has 1 heterocycles. The highest BCUT2D eigenvalue weighted by atomic mass is 32.2. The van der Waals surface area contributed by atoms with Gasteiger partial charge in [0.1, 0.15) is 16.4 Å². The lowest BCUT2D eigenvalue weighted by molar-refractivity contribution is 0.249. The van der Waals surface area contributed by atoms with Crippen molar-refractivity contribution in [3.05, 3.63) is 17.1 Å². The van der Waals surface area contributed by atoms with Gasteiger partial charge in [-0.1, -0.05) is 13.8 Å². The van der Waals surface area contributed by atoms with Crippen molar-refractivity contribution in [2.45, 2.75) is 64.5 Å². The number of aliphatic hydroxyl groups is 1. The third-order valence-electron chi connectivity index (χ3n) is 4.49. The number of furan rings is 1. The molecule has 21 heavy (non-hydrogen) atoms. The fourth-order valence-electron chi connectivity index (χ4n) is 3.34. The normalized spacial score (nSPS) is 27.0. The number of aliphatic hydroxyl groups excluding tert-OH is 1. The predicted octanol–water partition coefficient (Wildman–Crippen LogP) is 2.49. The molecule has 1 aliphatic carbocycles. The molecule has 2 rings (SSSR count). The first-order valence-corrected chi connectivity index (χ1v) is 8.96. The number of rotatable bonds is 4. The summed E-state index contributed by atoms with van der Waals surface area (Å²) in [6, 6.07) is -0.0488. The molecule has 0 bridgehead atoms. The van der Waals surface area contributed by atoms with Gasteiger partial charge in [-0.2, -0.15) is 0 Å². The van der Waals surface area contributed by atoms with Crippen molar-refractivity contribution in [2.75, 3.05) is 0 Å². The SMILES string of the molecule is Cc1oc(C)c(S(=O)(=O)NC2CCC(C)CC2C)c1CO. The smallest absolute Gasteiger partial charge is 0.244 e. The summed E-state index contributed by atoms with van der Waals surface area (Å²) in [5.74, 6) is 1.75. The van der Waals surface area contributed by atoms with Gasteiger partial charge in [0.15, 0.2) is 0 Å². The maximum Gasteiger partial charge on any atom is 0.244 e. The van der Waals surface area contributed by atoms with Crippen LogP contribution in [0.25, 0.3) is 0 Å².